The summed E-state index contributed by atoms with van der Waals surface area (Å²) in [5.74, 6) is 0.254. The predicted octanol–water partition coefficient (Wildman–Crippen LogP) is 3.39. The molecule has 0 aliphatic carbocycles. The Morgan fingerprint density at radius 2 is 1.40 bits per heavy atom. The van der Waals surface area contributed by atoms with Crippen LogP contribution in [0.4, 0.5) is 0 Å². The normalized spacial score (nSPS) is 14.3. The molecule has 0 radical (unpaired) electrons. The topological polar surface area (TPSA) is 34.1 Å². The summed E-state index contributed by atoms with van der Waals surface area (Å²) >= 11 is 6.85. The lowest BCUT2D eigenvalue weighted by Gasteiger charge is -2.27. The third-order valence-corrected chi connectivity index (χ3v) is 7.87. The highest BCUT2D eigenvalue weighted by molar-refractivity contribution is 9.09. The van der Waals surface area contributed by atoms with Gasteiger partial charge in [0.25, 0.3) is 0 Å². The average Bonchev–Trinajstić information content (AvgIpc) is 2.13. The monoisotopic (exact) mass is 362 g/mol. The highest BCUT2D eigenvalue weighted by Gasteiger charge is 2.32. The zero-order valence-electron chi connectivity index (χ0n) is 9.81. The number of hydrogen-bond acceptors (Lipinski definition) is 2. The first-order chi connectivity index (χ1) is 6.58. The Bertz CT molecular complexity index is 287. The molecule has 0 fully saturated rings. The third kappa shape index (κ3) is 4.73. The minimum Gasteiger partial charge on any atom is -0.228 e. The second-order valence-corrected chi connectivity index (χ2v) is 9.24. The van der Waals surface area contributed by atoms with E-state index in [4.69, 9.17) is 0 Å². The molecule has 0 atom stereocenters. The fraction of sp³-hybridized carbons (Fsp3) is 1.00. The van der Waals surface area contributed by atoms with E-state index in [1.165, 1.54) is 0 Å². The van der Waals surface area contributed by atoms with E-state index < -0.39 is 14.6 Å². The molecule has 0 aromatic carbocycles. The number of sulfone groups is 1. The van der Waals surface area contributed by atoms with Gasteiger partial charge in [0.15, 0.2) is 9.84 Å². The minimum atomic E-state index is -2.99. The Morgan fingerprint density at radius 3 is 1.67 bits per heavy atom. The first kappa shape index (κ1) is 15.9. The molecular formula is C10H20Br2O2S. The molecule has 0 amide bonds. The molecule has 15 heavy (non-hydrogen) atoms. The molecule has 0 bridgehead atoms. The van der Waals surface area contributed by atoms with Gasteiger partial charge in [-0.3, -0.25) is 0 Å². The van der Waals surface area contributed by atoms with Crippen molar-refractivity contribution in [1.82, 2.24) is 0 Å². The molecule has 0 saturated heterocycles. The molecule has 2 nitrogen and oxygen atoms in total. The maximum atomic E-state index is 11.9. The SMILES string of the molecule is CC(CBr)(CBr)CCS(=O)(=O)C(C)(C)C. The summed E-state index contributed by atoms with van der Waals surface area (Å²) < 4.78 is 23.2. The van der Waals surface area contributed by atoms with Crippen LogP contribution in [0, 0.1) is 5.41 Å². The van der Waals surface area contributed by atoms with Crippen LogP contribution in [0.15, 0.2) is 0 Å². The molecule has 0 saturated carbocycles. The summed E-state index contributed by atoms with van der Waals surface area (Å²) in [6.07, 6.45) is 0.684. The van der Waals surface area contributed by atoms with Crippen molar-refractivity contribution in [3.63, 3.8) is 0 Å². The largest absolute Gasteiger partial charge is 0.228 e. The summed E-state index contributed by atoms with van der Waals surface area (Å²) in [6.45, 7) is 7.33. The molecular weight excluding hydrogens is 344 g/mol. The van der Waals surface area contributed by atoms with Crippen LogP contribution < -0.4 is 0 Å². The average molecular weight is 364 g/mol. The fourth-order valence-electron chi connectivity index (χ4n) is 0.856. The van der Waals surface area contributed by atoms with Gasteiger partial charge in [-0.15, -0.1) is 0 Å². The lowest BCUT2D eigenvalue weighted by Crippen LogP contribution is -2.33. The Kier molecular flexibility index (Phi) is 5.83. The van der Waals surface area contributed by atoms with Gasteiger partial charge in [-0.2, -0.15) is 0 Å². The van der Waals surface area contributed by atoms with Gasteiger partial charge >= 0.3 is 0 Å². The van der Waals surface area contributed by atoms with E-state index in [0.717, 1.165) is 10.7 Å². The van der Waals surface area contributed by atoms with Gasteiger partial charge < -0.3 is 0 Å². The van der Waals surface area contributed by atoms with Crippen molar-refractivity contribution in [2.24, 2.45) is 5.41 Å². The van der Waals surface area contributed by atoms with Crippen LogP contribution in [0.1, 0.15) is 34.1 Å². The van der Waals surface area contributed by atoms with Crippen molar-refractivity contribution in [3.05, 3.63) is 0 Å². The standard InChI is InChI=1S/C10H20Br2O2S/c1-9(2,3)15(13,14)6-5-10(4,7-11)8-12/h5-8H2,1-4H3. The Hall–Kier alpha value is 0.910. The van der Waals surface area contributed by atoms with E-state index in [1.807, 2.05) is 0 Å². The van der Waals surface area contributed by atoms with Crippen LogP contribution in [-0.2, 0) is 9.84 Å². The minimum absolute atomic E-state index is 0.0122. The Morgan fingerprint density at radius 1 is 1.00 bits per heavy atom. The molecule has 0 aromatic rings. The van der Waals surface area contributed by atoms with E-state index in [2.05, 4.69) is 38.8 Å². The molecule has 0 rings (SSSR count). The smallest absolute Gasteiger partial charge is 0.155 e. The lowest BCUT2D eigenvalue weighted by atomic mass is 9.93. The zero-order valence-corrected chi connectivity index (χ0v) is 13.8. The second kappa shape index (κ2) is 5.50. The van der Waals surface area contributed by atoms with Crippen molar-refractivity contribution in [3.8, 4) is 0 Å². The van der Waals surface area contributed by atoms with Crippen LogP contribution in [0.2, 0.25) is 0 Å². The van der Waals surface area contributed by atoms with Gasteiger partial charge in [0, 0.05) is 10.7 Å². The summed E-state index contributed by atoms with van der Waals surface area (Å²) in [6, 6.07) is 0. The van der Waals surface area contributed by atoms with E-state index in [1.54, 1.807) is 20.8 Å². The number of hydrogen-bond donors (Lipinski definition) is 0. The van der Waals surface area contributed by atoms with Gasteiger partial charge in [-0.05, 0) is 32.6 Å². The van der Waals surface area contributed by atoms with Gasteiger partial charge in [-0.25, -0.2) is 8.42 Å². The van der Waals surface area contributed by atoms with E-state index in [-0.39, 0.29) is 11.2 Å². The first-order valence-corrected chi connectivity index (χ1v) is 8.82. The van der Waals surface area contributed by atoms with Crippen molar-refractivity contribution in [2.45, 2.75) is 38.9 Å². The highest BCUT2D eigenvalue weighted by Crippen LogP contribution is 2.29. The van der Waals surface area contributed by atoms with Crippen LogP contribution in [0.25, 0.3) is 0 Å². The molecule has 0 unspecified atom stereocenters. The van der Waals surface area contributed by atoms with Crippen molar-refractivity contribution >= 4 is 41.7 Å². The summed E-state index contributed by atoms with van der Waals surface area (Å²) in [5.41, 5.74) is 0.0122. The van der Waals surface area contributed by atoms with Crippen LogP contribution in [-0.4, -0.2) is 29.6 Å². The Balaban J connectivity index is 4.53. The van der Waals surface area contributed by atoms with Gasteiger partial charge in [0.05, 0.1) is 10.5 Å². The highest BCUT2D eigenvalue weighted by atomic mass is 79.9. The van der Waals surface area contributed by atoms with Gasteiger partial charge in [0.1, 0.15) is 0 Å². The quantitative estimate of drug-likeness (QED) is 0.701. The molecule has 0 spiro atoms. The molecule has 0 heterocycles. The first-order valence-electron chi connectivity index (χ1n) is 4.92. The van der Waals surface area contributed by atoms with Gasteiger partial charge in [-0.1, -0.05) is 38.8 Å². The van der Waals surface area contributed by atoms with Crippen molar-refractivity contribution in [2.75, 3.05) is 16.4 Å². The van der Waals surface area contributed by atoms with E-state index in [0.29, 0.717) is 6.42 Å². The summed E-state index contributed by atoms with van der Waals surface area (Å²) in [5, 5.41) is 1.62. The van der Waals surface area contributed by atoms with Crippen molar-refractivity contribution < 1.29 is 8.42 Å². The van der Waals surface area contributed by atoms with E-state index in [9.17, 15) is 8.42 Å². The van der Waals surface area contributed by atoms with Crippen molar-refractivity contribution in [1.29, 1.82) is 0 Å². The molecule has 0 aromatic heterocycles. The fourth-order valence-corrected chi connectivity index (χ4v) is 3.72. The number of halogens is 2. The molecule has 0 aliphatic heterocycles. The third-order valence-electron chi connectivity index (χ3n) is 2.55. The molecule has 0 N–H and O–H groups in total. The maximum Gasteiger partial charge on any atom is 0.155 e. The van der Waals surface area contributed by atoms with Crippen LogP contribution in [0.3, 0.4) is 0 Å². The zero-order chi connectivity index (χ0) is 12.3. The maximum absolute atomic E-state index is 11.9. The van der Waals surface area contributed by atoms with Gasteiger partial charge in [0.2, 0.25) is 0 Å². The summed E-state index contributed by atoms with van der Waals surface area (Å²) in [7, 11) is -2.99. The number of alkyl halides is 2. The van der Waals surface area contributed by atoms with E-state index >= 15 is 0 Å². The molecule has 5 heteroatoms. The number of rotatable bonds is 5. The predicted molar refractivity (Wildman–Crippen MR) is 73.9 cm³/mol. The lowest BCUT2D eigenvalue weighted by molar-refractivity contribution is 0.420. The summed E-state index contributed by atoms with van der Waals surface area (Å²) in [4.78, 5) is 0. The molecule has 92 valence electrons. The molecule has 0 aliphatic rings. The van der Waals surface area contributed by atoms with Crippen LogP contribution >= 0.6 is 31.9 Å². The van der Waals surface area contributed by atoms with Crippen LogP contribution in [0.5, 0.6) is 0 Å². The second-order valence-electron chi connectivity index (χ2n) is 5.26. The Labute approximate surface area is 110 Å².